The number of aliphatic hydroxyl groups excluding tert-OH is 1. The van der Waals surface area contributed by atoms with Crippen LogP contribution < -0.4 is 5.32 Å². The van der Waals surface area contributed by atoms with Crippen molar-refractivity contribution in [1.29, 1.82) is 0 Å². The molecule has 1 heterocycles. The van der Waals surface area contributed by atoms with Gasteiger partial charge < -0.3 is 14.8 Å². The lowest BCUT2D eigenvalue weighted by atomic mass is 10.1. The average molecular weight is 313 g/mol. The molecule has 3 aromatic rings. The number of aryl methyl sites for hydroxylation is 2. The van der Waals surface area contributed by atoms with E-state index in [1.54, 1.807) is 12.1 Å². The summed E-state index contributed by atoms with van der Waals surface area (Å²) in [6.07, 6.45) is 1.50. The molecule has 0 saturated carbocycles. The minimum Gasteiger partial charge on any atom is -0.461 e. The van der Waals surface area contributed by atoms with Gasteiger partial charge in [-0.1, -0.05) is 24.3 Å². The van der Waals surface area contributed by atoms with Crippen molar-refractivity contribution >= 4 is 11.0 Å². The predicted octanol–water partition coefficient (Wildman–Crippen LogP) is 3.44. The molecule has 0 bridgehead atoms. The SMILES string of the molecule is OCCNCc1ccc2cc(CCc3cccc(F)c3)oc2c1. The molecule has 0 unspecified atom stereocenters. The second-order valence-electron chi connectivity index (χ2n) is 5.62. The molecule has 0 saturated heterocycles. The summed E-state index contributed by atoms with van der Waals surface area (Å²) in [4.78, 5) is 0. The number of fused-ring (bicyclic) bond motifs is 1. The summed E-state index contributed by atoms with van der Waals surface area (Å²) in [5.74, 6) is 0.705. The summed E-state index contributed by atoms with van der Waals surface area (Å²) in [5, 5.41) is 13.0. The van der Waals surface area contributed by atoms with Crippen LogP contribution in [-0.4, -0.2) is 18.3 Å². The molecule has 0 aliphatic heterocycles. The van der Waals surface area contributed by atoms with E-state index >= 15 is 0 Å². The highest BCUT2D eigenvalue weighted by Crippen LogP contribution is 2.22. The molecule has 1 aromatic heterocycles. The number of hydrogen-bond donors (Lipinski definition) is 2. The van der Waals surface area contributed by atoms with Gasteiger partial charge in [0.2, 0.25) is 0 Å². The zero-order valence-electron chi connectivity index (χ0n) is 12.9. The standard InChI is InChI=1S/C19H20FNO2/c20-17-3-1-2-14(10-17)5-7-18-12-16-6-4-15(11-19(16)23-18)13-21-8-9-22/h1-4,6,10-12,21-22H,5,7-9,13H2. The van der Waals surface area contributed by atoms with Crippen LogP contribution in [0.15, 0.2) is 52.9 Å². The molecule has 0 radical (unpaired) electrons. The van der Waals surface area contributed by atoms with Gasteiger partial charge in [0.05, 0.1) is 6.61 Å². The maximum Gasteiger partial charge on any atom is 0.134 e. The van der Waals surface area contributed by atoms with Crippen LogP contribution in [0.5, 0.6) is 0 Å². The lowest BCUT2D eigenvalue weighted by molar-refractivity contribution is 0.292. The van der Waals surface area contributed by atoms with Crippen LogP contribution in [0.1, 0.15) is 16.9 Å². The first kappa shape index (κ1) is 15.7. The third kappa shape index (κ3) is 4.18. The predicted molar refractivity (Wildman–Crippen MR) is 88.8 cm³/mol. The zero-order valence-corrected chi connectivity index (χ0v) is 12.9. The van der Waals surface area contributed by atoms with E-state index in [1.165, 1.54) is 6.07 Å². The molecular formula is C19H20FNO2. The third-order valence-electron chi connectivity index (χ3n) is 3.80. The van der Waals surface area contributed by atoms with Gasteiger partial charge in [0.15, 0.2) is 0 Å². The van der Waals surface area contributed by atoms with E-state index in [4.69, 9.17) is 9.52 Å². The van der Waals surface area contributed by atoms with Gasteiger partial charge in [-0.2, -0.15) is 0 Å². The van der Waals surface area contributed by atoms with Gasteiger partial charge >= 0.3 is 0 Å². The maximum atomic E-state index is 13.2. The van der Waals surface area contributed by atoms with Crippen molar-refractivity contribution in [2.24, 2.45) is 0 Å². The monoisotopic (exact) mass is 313 g/mol. The first-order valence-corrected chi connectivity index (χ1v) is 7.82. The quantitative estimate of drug-likeness (QED) is 0.657. The number of nitrogens with one attached hydrogen (secondary N) is 1. The molecule has 0 atom stereocenters. The molecule has 2 aromatic carbocycles. The van der Waals surface area contributed by atoms with E-state index in [-0.39, 0.29) is 12.4 Å². The van der Waals surface area contributed by atoms with E-state index in [9.17, 15) is 4.39 Å². The Morgan fingerprint density at radius 3 is 2.74 bits per heavy atom. The summed E-state index contributed by atoms with van der Waals surface area (Å²) in [6.45, 7) is 1.41. The number of furan rings is 1. The number of aliphatic hydroxyl groups is 1. The van der Waals surface area contributed by atoms with Crippen molar-refractivity contribution in [3.63, 3.8) is 0 Å². The Kier molecular flexibility index (Phi) is 5.05. The van der Waals surface area contributed by atoms with Crippen molar-refractivity contribution < 1.29 is 13.9 Å². The second-order valence-corrected chi connectivity index (χ2v) is 5.62. The van der Waals surface area contributed by atoms with Crippen LogP contribution in [0.2, 0.25) is 0 Å². The van der Waals surface area contributed by atoms with E-state index in [0.29, 0.717) is 13.1 Å². The van der Waals surface area contributed by atoms with Crippen LogP contribution in [0.3, 0.4) is 0 Å². The number of rotatable bonds is 7. The summed E-state index contributed by atoms with van der Waals surface area (Å²) >= 11 is 0. The van der Waals surface area contributed by atoms with Crippen LogP contribution >= 0.6 is 0 Å². The molecule has 0 aliphatic rings. The van der Waals surface area contributed by atoms with Crippen LogP contribution in [0, 0.1) is 5.82 Å². The normalized spacial score (nSPS) is 11.2. The minimum absolute atomic E-state index is 0.132. The van der Waals surface area contributed by atoms with Crippen molar-refractivity contribution in [3.8, 4) is 0 Å². The Morgan fingerprint density at radius 1 is 1.00 bits per heavy atom. The van der Waals surface area contributed by atoms with E-state index in [0.717, 1.165) is 40.7 Å². The van der Waals surface area contributed by atoms with E-state index < -0.39 is 0 Å². The third-order valence-corrected chi connectivity index (χ3v) is 3.80. The number of halogens is 1. The van der Waals surface area contributed by atoms with Crippen LogP contribution in [0.4, 0.5) is 4.39 Å². The van der Waals surface area contributed by atoms with Crippen molar-refractivity contribution in [3.05, 3.63) is 71.2 Å². The zero-order chi connectivity index (χ0) is 16.1. The number of hydrogen-bond acceptors (Lipinski definition) is 3. The van der Waals surface area contributed by atoms with Crippen molar-refractivity contribution in [2.45, 2.75) is 19.4 Å². The molecular weight excluding hydrogens is 293 g/mol. The van der Waals surface area contributed by atoms with Gasteiger partial charge in [0.1, 0.15) is 17.2 Å². The van der Waals surface area contributed by atoms with E-state index in [1.807, 2.05) is 24.3 Å². The van der Waals surface area contributed by atoms with E-state index in [2.05, 4.69) is 11.4 Å². The molecule has 2 N–H and O–H groups in total. The fourth-order valence-electron chi connectivity index (χ4n) is 2.64. The Morgan fingerprint density at radius 2 is 1.91 bits per heavy atom. The molecule has 3 rings (SSSR count). The lowest BCUT2D eigenvalue weighted by Crippen LogP contribution is -2.17. The van der Waals surface area contributed by atoms with Gasteiger partial charge in [-0.15, -0.1) is 0 Å². The topological polar surface area (TPSA) is 45.4 Å². The van der Waals surface area contributed by atoms with Crippen molar-refractivity contribution in [2.75, 3.05) is 13.2 Å². The molecule has 120 valence electrons. The highest BCUT2D eigenvalue weighted by atomic mass is 19.1. The summed E-state index contributed by atoms with van der Waals surface area (Å²) in [5.41, 5.74) is 2.96. The maximum absolute atomic E-state index is 13.2. The van der Waals surface area contributed by atoms with Crippen LogP contribution in [-0.2, 0) is 19.4 Å². The molecule has 0 amide bonds. The van der Waals surface area contributed by atoms with Crippen LogP contribution in [0.25, 0.3) is 11.0 Å². The molecule has 23 heavy (non-hydrogen) atoms. The summed E-state index contributed by atoms with van der Waals surface area (Å²) in [6, 6.07) is 14.8. The molecule has 3 nitrogen and oxygen atoms in total. The first-order chi connectivity index (χ1) is 11.2. The van der Waals surface area contributed by atoms with Gasteiger partial charge in [0, 0.05) is 24.9 Å². The van der Waals surface area contributed by atoms with Gasteiger partial charge in [0.25, 0.3) is 0 Å². The second kappa shape index (κ2) is 7.40. The summed E-state index contributed by atoms with van der Waals surface area (Å²) < 4.78 is 19.1. The lowest BCUT2D eigenvalue weighted by Gasteiger charge is -2.02. The number of benzene rings is 2. The highest BCUT2D eigenvalue weighted by Gasteiger charge is 2.06. The Bertz CT molecular complexity index is 782. The smallest absolute Gasteiger partial charge is 0.134 e. The average Bonchev–Trinajstić information content (AvgIpc) is 2.95. The Labute approximate surface area is 134 Å². The fourth-order valence-corrected chi connectivity index (χ4v) is 2.64. The Hall–Kier alpha value is -2.17. The highest BCUT2D eigenvalue weighted by molar-refractivity contribution is 5.78. The van der Waals surface area contributed by atoms with Gasteiger partial charge in [-0.25, -0.2) is 4.39 Å². The Balaban J connectivity index is 1.67. The minimum atomic E-state index is -0.202. The largest absolute Gasteiger partial charge is 0.461 e. The molecule has 0 aliphatic carbocycles. The summed E-state index contributed by atoms with van der Waals surface area (Å²) in [7, 11) is 0. The fraction of sp³-hybridized carbons (Fsp3) is 0.263. The molecule has 4 heteroatoms. The molecule has 0 fully saturated rings. The van der Waals surface area contributed by atoms with Gasteiger partial charge in [-0.3, -0.25) is 0 Å². The first-order valence-electron chi connectivity index (χ1n) is 7.82. The van der Waals surface area contributed by atoms with Gasteiger partial charge in [-0.05, 0) is 41.8 Å². The molecule has 0 spiro atoms. The van der Waals surface area contributed by atoms with Crippen molar-refractivity contribution in [1.82, 2.24) is 5.32 Å².